The summed E-state index contributed by atoms with van der Waals surface area (Å²) in [7, 11) is 0. The highest BCUT2D eigenvalue weighted by atomic mass is 19.4. The molecule has 0 spiro atoms. The van der Waals surface area contributed by atoms with Gasteiger partial charge in [-0.2, -0.15) is 26.3 Å². The first-order valence-electron chi connectivity index (χ1n) is 11.0. The van der Waals surface area contributed by atoms with Gasteiger partial charge in [-0.15, -0.1) is 0 Å². The van der Waals surface area contributed by atoms with Crippen LogP contribution in [0.5, 0.6) is 0 Å². The summed E-state index contributed by atoms with van der Waals surface area (Å²) in [6.45, 7) is 3.92. The van der Waals surface area contributed by atoms with Crippen LogP contribution in [0.3, 0.4) is 0 Å². The van der Waals surface area contributed by atoms with Gasteiger partial charge in [0.25, 0.3) is 0 Å². The minimum absolute atomic E-state index is 0.0123. The lowest BCUT2D eigenvalue weighted by Crippen LogP contribution is -2.12. The average molecular weight is 481 g/mol. The van der Waals surface area contributed by atoms with E-state index in [1.54, 1.807) is 12.3 Å². The fraction of sp³-hybridized carbons (Fsp3) is 0.385. The van der Waals surface area contributed by atoms with Gasteiger partial charge in [0.05, 0.1) is 16.8 Å². The predicted molar refractivity (Wildman–Crippen MR) is 118 cm³/mol. The maximum Gasteiger partial charge on any atom is 0.416 e. The molecule has 2 nitrogen and oxygen atoms in total. The smallest absolute Gasteiger partial charge is 0.294 e. The van der Waals surface area contributed by atoms with Crippen LogP contribution in [0.1, 0.15) is 73.4 Å². The Morgan fingerprint density at radius 3 is 2.29 bits per heavy atom. The number of rotatable bonds is 6. The first kappa shape index (κ1) is 25.7. The summed E-state index contributed by atoms with van der Waals surface area (Å²) in [5.74, 6) is 0.0891. The molecule has 1 aromatic carbocycles. The Morgan fingerprint density at radius 2 is 1.68 bits per heavy atom. The summed E-state index contributed by atoms with van der Waals surface area (Å²) < 4.78 is 78.2. The summed E-state index contributed by atoms with van der Waals surface area (Å²) in [5.41, 5.74) is 0.477. The van der Waals surface area contributed by atoms with Crippen LogP contribution >= 0.6 is 0 Å². The quantitative estimate of drug-likeness (QED) is 0.310. The third kappa shape index (κ3) is 6.36. The number of hydrogen-bond donors (Lipinski definition) is 0. The second-order valence-corrected chi connectivity index (χ2v) is 8.60. The molecule has 8 heteroatoms. The number of benzene rings is 1. The summed E-state index contributed by atoms with van der Waals surface area (Å²) >= 11 is 0. The number of unbranched alkanes of at least 4 members (excludes halogenated alkanes) is 1. The normalized spacial score (nSPS) is 16.8. The average Bonchev–Trinajstić information content (AvgIpc) is 2.76. The van der Waals surface area contributed by atoms with Gasteiger partial charge in [0, 0.05) is 24.1 Å². The number of aromatic nitrogens is 1. The molecule has 0 radical (unpaired) electrons. The predicted octanol–water partition coefficient (Wildman–Crippen LogP) is 7.94. The SMILES string of the molecule is CC1=CCC(C)c2ncccc2C=C1C(=O)CCCCc1cc(C(F)(F)F)cc(C(F)(F)F)c1. The Morgan fingerprint density at radius 1 is 1.03 bits per heavy atom. The van der Waals surface area contributed by atoms with Crippen molar-refractivity contribution in [2.45, 2.75) is 64.2 Å². The number of ketones is 1. The third-order valence-corrected chi connectivity index (χ3v) is 5.91. The number of pyridine rings is 1. The molecule has 1 unspecified atom stereocenters. The van der Waals surface area contributed by atoms with Crippen LogP contribution in [0.4, 0.5) is 26.3 Å². The third-order valence-electron chi connectivity index (χ3n) is 5.91. The zero-order valence-corrected chi connectivity index (χ0v) is 18.9. The molecule has 1 aliphatic rings. The maximum atomic E-state index is 13.0. The molecule has 1 aliphatic carbocycles. The zero-order chi connectivity index (χ0) is 25.1. The van der Waals surface area contributed by atoms with E-state index in [-0.39, 0.29) is 42.6 Å². The second-order valence-electron chi connectivity index (χ2n) is 8.60. The van der Waals surface area contributed by atoms with E-state index in [0.717, 1.165) is 35.4 Å². The number of carbonyl (C=O) groups is 1. The Kier molecular flexibility index (Phi) is 7.68. The number of carbonyl (C=O) groups excluding carboxylic acids is 1. The lowest BCUT2D eigenvalue weighted by atomic mass is 9.88. The van der Waals surface area contributed by atoms with E-state index in [2.05, 4.69) is 11.9 Å². The van der Waals surface area contributed by atoms with Gasteiger partial charge in [-0.25, -0.2) is 0 Å². The Labute approximate surface area is 194 Å². The van der Waals surface area contributed by atoms with Gasteiger partial charge < -0.3 is 0 Å². The maximum absolute atomic E-state index is 13.0. The molecule has 0 saturated heterocycles. The molecule has 0 bridgehead atoms. The molecule has 1 heterocycles. The highest BCUT2D eigenvalue weighted by Gasteiger charge is 2.36. The molecule has 0 amide bonds. The van der Waals surface area contributed by atoms with E-state index in [1.807, 2.05) is 25.1 Å². The summed E-state index contributed by atoms with van der Waals surface area (Å²) in [4.78, 5) is 17.4. The summed E-state index contributed by atoms with van der Waals surface area (Å²) in [5, 5.41) is 0. The van der Waals surface area contributed by atoms with E-state index in [1.165, 1.54) is 0 Å². The van der Waals surface area contributed by atoms with Crippen molar-refractivity contribution in [1.82, 2.24) is 4.98 Å². The first-order valence-corrected chi connectivity index (χ1v) is 11.0. The van der Waals surface area contributed by atoms with Gasteiger partial charge in [0.1, 0.15) is 0 Å². The molecule has 34 heavy (non-hydrogen) atoms. The minimum atomic E-state index is -4.87. The molecule has 0 saturated carbocycles. The van der Waals surface area contributed by atoms with Gasteiger partial charge in [-0.1, -0.05) is 19.1 Å². The summed E-state index contributed by atoms with van der Waals surface area (Å²) in [6.07, 6.45) is -2.70. The van der Waals surface area contributed by atoms with E-state index in [4.69, 9.17) is 0 Å². The van der Waals surface area contributed by atoms with E-state index in [0.29, 0.717) is 12.0 Å². The number of hydrogen-bond acceptors (Lipinski definition) is 2. The number of alkyl halides is 6. The number of nitrogens with zero attached hydrogens (tertiary/aromatic N) is 1. The van der Waals surface area contributed by atoms with Crippen LogP contribution in [-0.4, -0.2) is 10.8 Å². The van der Waals surface area contributed by atoms with Crippen molar-refractivity contribution in [3.8, 4) is 0 Å². The summed E-state index contributed by atoms with van der Waals surface area (Å²) in [6, 6.07) is 5.31. The highest BCUT2D eigenvalue weighted by Crippen LogP contribution is 2.36. The number of Topliss-reactive ketones (excluding diaryl/α,β-unsaturated/α-hetero) is 1. The standard InChI is InChI=1S/C26H25F6NO/c1-16-9-10-17(2)24-19(7-5-11-33-24)14-22(16)23(34)8-4-3-6-18-12-20(25(27,28)29)15-21(13-18)26(30,31)32/h5,7,9,11-15,17H,3-4,6,8,10H2,1-2H3. The van der Waals surface area contributed by atoms with Crippen molar-refractivity contribution < 1.29 is 31.1 Å². The van der Waals surface area contributed by atoms with Crippen LogP contribution in [-0.2, 0) is 23.6 Å². The zero-order valence-electron chi connectivity index (χ0n) is 18.9. The molecule has 1 aromatic heterocycles. The van der Waals surface area contributed by atoms with Crippen molar-refractivity contribution in [1.29, 1.82) is 0 Å². The largest absolute Gasteiger partial charge is 0.416 e. The van der Waals surface area contributed by atoms with Crippen molar-refractivity contribution in [2.75, 3.05) is 0 Å². The molecule has 2 aromatic rings. The molecule has 0 fully saturated rings. The molecule has 0 N–H and O–H groups in total. The first-order chi connectivity index (χ1) is 15.9. The van der Waals surface area contributed by atoms with Gasteiger partial charge in [0.15, 0.2) is 5.78 Å². The van der Waals surface area contributed by atoms with Gasteiger partial charge in [0.2, 0.25) is 0 Å². The van der Waals surface area contributed by atoms with Gasteiger partial charge >= 0.3 is 12.4 Å². The number of aryl methyl sites for hydroxylation is 1. The van der Waals surface area contributed by atoms with Crippen molar-refractivity contribution in [3.63, 3.8) is 0 Å². The van der Waals surface area contributed by atoms with E-state index >= 15 is 0 Å². The van der Waals surface area contributed by atoms with Crippen LogP contribution in [0.15, 0.2) is 53.8 Å². The van der Waals surface area contributed by atoms with E-state index in [9.17, 15) is 31.1 Å². The van der Waals surface area contributed by atoms with Crippen molar-refractivity contribution >= 4 is 11.9 Å². The molecule has 0 aliphatic heterocycles. The van der Waals surface area contributed by atoms with Crippen LogP contribution < -0.4 is 0 Å². The lowest BCUT2D eigenvalue weighted by Gasteiger charge is -2.17. The fourth-order valence-electron chi connectivity index (χ4n) is 4.02. The topological polar surface area (TPSA) is 30.0 Å². The Bertz CT molecular complexity index is 1080. The Hall–Kier alpha value is -2.90. The molecular formula is C26H25F6NO. The minimum Gasteiger partial charge on any atom is -0.294 e. The molecule has 1 atom stereocenters. The van der Waals surface area contributed by atoms with Gasteiger partial charge in [-0.05, 0) is 79.6 Å². The molecule has 182 valence electrons. The monoisotopic (exact) mass is 481 g/mol. The van der Waals surface area contributed by atoms with Crippen LogP contribution in [0.2, 0.25) is 0 Å². The van der Waals surface area contributed by atoms with Gasteiger partial charge in [-0.3, -0.25) is 9.78 Å². The second kappa shape index (κ2) is 10.2. The lowest BCUT2D eigenvalue weighted by molar-refractivity contribution is -0.143. The number of fused-ring (bicyclic) bond motifs is 1. The van der Waals surface area contributed by atoms with E-state index < -0.39 is 23.5 Å². The van der Waals surface area contributed by atoms with Crippen molar-refractivity contribution in [2.24, 2.45) is 0 Å². The Balaban J connectivity index is 1.70. The molecular weight excluding hydrogens is 456 g/mol. The fourth-order valence-corrected chi connectivity index (χ4v) is 4.02. The number of halogens is 6. The van der Waals surface area contributed by atoms with Crippen molar-refractivity contribution in [3.05, 3.63) is 81.7 Å². The van der Waals surface area contributed by atoms with Crippen LogP contribution in [0.25, 0.3) is 6.08 Å². The highest BCUT2D eigenvalue weighted by molar-refractivity contribution is 6.03. The van der Waals surface area contributed by atoms with Crippen LogP contribution in [0, 0.1) is 0 Å². The molecule has 3 rings (SSSR count). The number of allylic oxidation sites excluding steroid dienone is 3.